The zero-order valence-corrected chi connectivity index (χ0v) is 27.7. The van der Waals surface area contributed by atoms with Gasteiger partial charge in [-0.3, -0.25) is 9.78 Å². The summed E-state index contributed by atoms with van der Waals surface area (Å²) < 4.78 is 6.53. The summed E-state index contributed by atoms with van der Waals surface area (Å²) in [7, 11) is 0. The van der Waals surface area contributed by atoms with Crippen LogP contribution in [0.4, 0.5) is 5.69 Å². The molecule has 238 valence electrons. The highest BCUT2D eigenvalue weighted by atomic mass is 35.5. The molecule has 0 bridgehead atoms. The van der Waals surface area contributed by atoms with Crippen LogP contribution >= 0.6 is 11.6 Å². The molecular weight excluding hydrogens is 584 g/mol. The van der Waals surface area contributed by atoms with Gasteiger partial charge in [0.1, 0.15) is 11.3 Å². The van der Waals surface area contributed by atoms with Crippen molar-refractivity contribution >= 4 is 29.0 Å². The molecule has 1 aromatic heterocycles. The standard InChI is InChI=1S/C38H45ClN2O4/c1-23(22-45-34-11-16-40-33-10-5-7-24(2)35(33)34)17-28-20-31-25(3)18-27(26(4)42)19-32(31)37(28)12-14-38(15-13-37,36(43)44)41-30-9-6-8-29(39)21-30/h6,8-9,11,16,18-19,21,23-24,28,41H,5,7,10,12-15,17,20,22H2,1-4H3,(H,43,44)/t23-,24-,28+,37?,38?/m1/s1. The minimum absolute atomic E-state index is 0.0643. The molecule has 0 saturated heterocycles. The first-order valence-electron chi connectivity index (χ1n) is 16.5. The highest BCUT2D eigenvalue weighted by molar-refractivity contribution is 6.30. The fourth-order valence-corrected chi connectivity index (χ4v) is 8.79. The molecule has 3 aliphatic rings. The van der Waals surface area contributed by atoms with E-state index in [1.165, 1.54) is 35.2 Å². The van der Waals surface area contributed by atoms with E-state index in [4.69, 9.17) is 16.3 Å². The third-order valence-corrected chi connectivity index (χ3v) is 11.3. The van der Waals surface area contributed by atoms with E-state index in [2.05, 4.69) is 37.1 Å². The van der Waals surface area contributed by atoms with E-state index >= 15 is 0 Å². The van der Waals surface area contributed by atoms with Gasteiger partial charge in [0.15, 0.2) is 5.78 Å². The average molecular weight is 629 g/mol. The molecule has 6 nitrogen and oxygen atoms in total. The monoisotopic (exact) mass is 628 g/mol. The maximum absolute atomic E-state index is 12.9. The van der Waals surface area contributed by atoms with Crippen molar-refractivity contribution in [3.63, 3.8) is 0 Å². The van der Waals surface area contributed by atoms with Gasteiger partial charge in [-0.1, -0.05) is 31.5 Å². The molecule has 6 rings (SSSR count). The Balaban J connectivity index is 1.26. The number of rotatable bonds is 9. The minimum Gasteiger partial charge on any atom is -0.493 e. The number of pyridine rings is 1. The number of halogens is 1. The largest absolute Gasteiger partial charge is 0.493 e. The van der Waals surface area contributed by atoms with E-state index in [9.17, 15) is 14.7 Å². The van der Waals surface area contributed by atoms with Crippen molar-refractivity contribution in [1.29, 1.82) is 0 Å². The summed E-state index contributed by atoms with van der Waals surface area (Å²) in [5, 5.41) is 14.5. The lowest BCUT2D eigenvalue weighted by Gasteiger charge is -2.47. The Bertz CT molecular complexity index is 1610. The number of ketones is 1. The lowest BCUT2D eigenvalue weighted by atomic mass is 9.59. The Morgan fingerprint density at radius 1 is 1.16 bits per heavy atom. The second-order valence-electron chi connectivity index (χ2n) is 14.1. The molecule has 1 saturated carbocycles. The van der Waals surface area contributed by atoms with E-state index in [1.807, 2.05) is 30.5 Å². The number of hydrogen-bond donors (Lipinski definition) is 2. The van der Waals surface area contributed by atoms with Crippen LogP contribution in [0.1, 0.15) is 110 Å². The number of carboxylic acids is 1. The maximum Gasteiger partial charge on any atom is 0.329 e. The lowest BCUT2D eigenvalue weighted by Crippen LogP contribution is -2.53. The second kappa shape index (κ2) is 12.4. The smallest absolute Gasteiger partial charge is 0.329 e. The van der Waals surface area contributed by atoms with Crippen LogP contribution in [-0.4, -0.2) is 34.0 Å². The van der Waals surface area contributed by atoms with Crippen LogP contribution in [0.2, 0.25) is 5.02 Å². The molecule has 0 unspecified atom stereocenters. The molecule has 7 heteroatoms. The molecule has 1 heterocycles. The number of benzene rings is 2. The van der Waals surface area contributed by atoms with E-state index in [0.717, 1.165) is 54.7 Å². The fraction of sp³-hybridized carbons (Fsp3) is 0.500. The van der Waals surface area contributed by atoms with Crippen molar-refractivity contribution in [3.05, 3.63) is 87.2 Å². The summed E-state index contributed by atoms with van der Waals surface area (Å²) in [4.78, 5) is 30.1. The number of aryl methyl sites for hydroxylation is 2. The number of carboxylic acid groups (broad SMARTS) is 1. The highest BCUT2D eigenvalue weighted by Gasteiger charge is 2.54. The number of Topliss-reactive ketones (excluding diaryl/α,β-unsaturated/α-hetero) is 1. The van der Waals surface area contributed by atoms with Crippen LogP contribution < -0.4 is 10.1 Å². The van der Waals surface area contributed by atoms with Crippen LogP contribution in [0.5, 0.6) is 5.75 Å². The van der Waals surface area contributed by atoms with Gasteiger partial charge in [0.2, 0.25) is 0 Å². The van der Waals surface area contributed by atoms with E-state index < -0.39 is 11.5 Å². The highest BCUT2D eigenvalue weighted by Crippen LogP contribution is 2.57. The van der Waals surface area contributed by atoms with Gasteiger partial charge in [0, 0.05) is 33.7 Å². The predicted octanol–water partition coefficient (Wildman–Crippen LogP) is 8.71. The van der Waals surface area contributed by atoms with Crippen molar-refractivity contribution in [2.75, 3.05) is 11.9 Å². The maximum atomic E-state index is 12.9. The molecule has 3 aromatic rings. The zero-order valence-electron chi connectivity index (χ0n) is 26.9. The van der Waals surface area contributed by atoms with Gasteiger partial charge >= 0.3 is 5.97 Å². The van der Waals surface area contributed by atoms with Crippen molar-refractivity contribution in [1.82, 2.24) is 4.98 Å². The van der Waals surface area contributed by atoms with Gasteiger partial charge in [-0.05, 0) is 148 Å². The Morgan fingerprint density at radius 2 is 1.93 bits per heavy atom. The predicted molar refractivity (Wildman–Crippen MR) is 179 cm³/mol. The quantitative estimate of drug-likeness (QED) is 0.230. The van der Waals surface area contributed by atoms with Crippen LogP contribution in [0, 0.1) is 18.8 Å². The van der Waals surface area contributed by atoms with Gasteiger partial charge in [-0.2, -0.15) is 0 Å². The topological polar surface area (TPSA) is 88.5 Å². The number of hydrogen-bond acceptors (Lipinski definition) is 5. The number of aromatic nitrogens is 1. The molecule has 3 atom stereocenters. The van der Waals surface area contributed by atoms with Crippen LogP contribution in [-0.2, 0) is 23.1 Å². The Morgan fingerprint density at radius 3 is 2.64 bits per heavy atom. The SMILES string of the molecule is CC(=O)c1cc(C)c2c(c1)C1(CCC(Nc3cccc(Cl)c3)(C(=O)O)CC1)[C@@H](C[C@@H](C)COc1ccnc3c1[C@H](C)CCC3)C2. The summed E-state index contributed by atoms with van der Waals surface area (Å²) in [5.74, 6) is 1.28. The Labute approximate surface area is 271 Å². The van der Waals surface area contributed by atoms with Crippen LogP contribution in [0.15, 0.2) is 48.7 Å². The first-order valence-corrected chi connectivity index (χ1v) is 16.9. The molecule has 1 fully saturated rings. The average Bonchev–Trinajstić information content (AvgIpc) is 3.30. The molecular formula is C38H45ClN2O4. The molecule has 0 amide bonds. The van der Waals surface area contributed by atoms with E-state index in [-0.39, 0.29) is 11.2 Å². The van der Waals surface area contributed by atoms with Crippen LogP contribution in [0.25, 0.3) is 0 Å². The van der Waals surface area contributed by atoms with Crippen LogP contribution in [0.3, 0.4) is 0 Å². The summed E-state index contributed by atoms with van der Waals surface area (Å²) in [6.07, 6.45) is 9.57. The molecule has 45 heavy (non-hydrogen) atoms. The van der Waals surface area contributed by atoms with E-state index in [0.29, 0.717) is 42.2 Å². The van der Waals surface area contributed by atoms with Gasteiger partial charge in [0.25, 0.3) is 0 Å². The van der Waals surface area contributed by atoms with E-state index in [1.54, 1.807) is 19.1 Å². The number of aliphatic carboxylic acids is 1. The lowest BCUT2D eigenvalue weighted by molar-refractivity contribution is -0.144. The van der Waals surface area contributed by atoms with Gasteiger partial charge in [-0.15, -0.1) is 0 Å². The zero-order chi connectivity index (χ0) is 31.9. The first kappa shape index (κ1) is 31.6. The Kier molecular flexibility index (Phi) is 8.73. The number of anilines is 1. The molecule has 2 aromatic carbocycles. The van der Waals surface area contributed by atoms with Crippen molar-refractivity contribution in [2.24, 2.45) is 11.8 Å². The van der Waals surface area contributed by atoms with Gasteiger partial charge in [0.05, 0.1) is 6.61 Å². The number of nitrogens with one attached hydrogen (secondary N) is 1. The molecule has 1 spiro atoms. The summed E-state index contributed by atoms with van der Waals surface area (Å²) in [6.45, 7) is 8.91. The Hall–Kier alpha value is -3.38. The second-order valence-corrected chi connectivity index (χ2v) is 14.5. The molecule has 0 radical (unpaired) electrons. The third-order valence-electron chi connectivity index (χ3n) is 11.0. The summed E-state index contributed by atoms with van der Waals surface area (Å²) in [6, 6.07) is 13.5. The molecule has 0 aliphatic heterocycles. The van der Waals surface area contributed by atoms with Crippen molar-refractivity contribution in [2.45, 2.75) is 102 Å². The number of nitrogens with zero attached hydrogens (tertiary/aromatic N) is 1. The summed E-state index contributed by atoms with van der Waals surface area (Å²) in [5.41, 5.74) is 6.39. The normalized spacial score (nSPS) is 26.2. The first-order chi connectivity index (χ1) is 21.5. The minimum atomic E-state index is -1.08. The number of carbonyl (C=O) groups excluding carboxylic acids is 1. The molecule has 3 aliphatic carbocycles. The van der Waals surface area contributed by atoms with Crippen molar-refractivity contribution in [3.8, 4) is 5.75 Å². The van der Waals surface area contributed by atoms with Gasteiger partial charge in [-0.25, -0.2) is 4.79 Å². The van der Waals surface area contributed by atoms with Gasteiger partial charge < -0.3 is 15.2 Å². The van der Waals surface area contributed by atoms with Crippen molar-refractivity contribution < 1.29 is 19.4 Å². The fourth-order valence-electron chi connectivity index (χ4n) is 8.60. The molecule has 2 N–H and O–H groups in total. The number of ether oxygens (including phenoxy) is 1. The summed E-state index contributed by atoms with van der Waals surface area (Å²) >= 11 is 6.24. The number of carbonyl (C=O) groups is 2. The third kappa shape index (κ3) is 5.98. The number of fused-ring (bicyclic) bond motifs is 3.